The number of aryl methyl sites for hydroxylation is 1. The van der Waals surface area contributed by atoms with E-state index in [1.54, 1.807) is 14.2 Å². The Morgan fingerprint density at radius 1 is 0.950 bits per heavy atom. The molecule has 2 aromatic rings. The van der Waals surface area contributed by atoms with Crippen LogP contribution in [0, 0.1) is 6.92 Å². The molecule has 0 aliphatic rings. The highest BCUT2D eigenvalue weighted by Crippen LogP contribution is 2.41. The van der Waals surface area contributed by atoms with Crippen LogP contribution in [0.2, 0.25) is 0 Å². The summed E-state index contributed by atoms with van der Waals surface area (Å²) >= 11 is 3.48. The van der Waals surface area contributed by atoms with E-state index in [9.17, 15) is 0 Å². The van der Waals surface area contributed by atoms with Gasteiger partial charge in [0.1, 0.15) is 5.75 Å². The van der Waals surface area contributed by atoms with Gasteiger partial charge in [0.2, 0.25) is 5.75 Å². The second kappa shape index (κ2) is 6.66. The minimum Gasteiger partial charge on any atom is -0.493 e. The standard InChI is InChI=1S/C16H17BrO3/c1-11-7-8-13(12(9-11)10-17)20-16-14(18-2)5-4-6-15(16)19-3/h4-9H,10H2,1-3H3. The largest absolute Gasteiger partial charge is 0.493 e. The van der Waals surface area contributed by atoms with E-state index in [2.05, 4.69) is 28.9 Å². The van der Waals surface area contributed by atoms with E-state index in [0.717, 1.165) is 16.6 Å². The highest BCUT2D eigenvalue weighted by molar-refractivity contribution is 9.08. The lowest BCUT2D eigenvalue weighted by Crippen LogP contribution is -1.96. The summed E-state index contributed by atoms with van der Waals surface area (Å²) in [7, 11) is 3.23. The van der Waals surface area contributed by atoms with E-state index in [0.29, 0.717) is 17.2 Å². The number of rotatable bonds is 5. The summed E-state index contributed by atoms with van der Waals surface area (Å²) in [5, 5.41) is 0.724. The number of halogens is 1. The van der Waals surface area contributed by atoms with Gasteiger partial charge in [0, 0.05) is 10.9 Å². The molecule has 0 aliphatic heterocycles. The average Bonchev–Trinajstić information content (AvgIpc) is 2.49. The van der Waals surface area contributed by atoms with E-state index in [4.69, 9.17) is 14.2 Å². The van der Waals surface area contributed by atoms with Crippen LogP contribution in [0.25, 0.3) is 0 Å². The third-order valence-electron chi connectivity index (χ3n) is 2.95. The van der Waals surface area contributed by atoms with E-state index >= 15 is 0 Å². The van der Waals surface area contributed by atoms with Crippen LogP contribution in [0.15, 0.2) is 36.4 Å². The summed E-state index contributed by atoms with van der Waals surface area (Å²) in [6, 6.07) is 11.6. The molecule has 0 N–H and O–H groups in total. The van der Waals surface area contributed by atoms with Crippen molar-refractivity contribution >= 4 is 15.9 Å². The maximum absolute atomic E-state index is 6.02. The van der Waals surface area contributed by atoms with E-state index in [1.165, 1.54) is 5.56 Å². The smallest absolute Gasteiger partial charge is 0.211 e. The Bertz CT molecular complexity index is 574. The highest BCUT2D eigenvalue weighted by Gasteiger charge is 2.14. The van der Waals surface area contributed by atoms with Crippen LogP contribution >= 0.6 is 15.9 Å². The molecule has 0 aromatic heterocycles. The maximum atomic E-state index is 6.02. The molecule has 4 heteroatoms. The van der Waals surface area contributed by atoms with Crippen LogP contribution in [0.4, 0.5) is 0 Å². The summed E-state index contributed by atoms with van der Waals surface area (Å²) in [5.41, 5.74) is 2.27. The van der Waals surface area contributed by atoms with Gasteiger partial charge in [-0.3, -0.25) is 0 Å². The Morgan fingerprint density at radius 2 is 1.60 bits per heavy atom. The van der Waals surface area contributed by atoms with Crippen molar-refractivity contribution in [1.29, 1.82) is 0 Å². The van der Waals surface area contributed by atoms with E-state index in [1.807, 2.05) is 30.3 Å². The van der Waals surface area contributed by atoms with Crippen molar-refractivity contribution in [2.75, 3.05) is 14.2 Å². The molecule has 0 heterocycles. The van der Waals surface area contributed by atoms with Gasteiger partial charge in [-0.05, 0) is 25.1 Å². The number of ether oxygens (including phenoxy) is 3. The zero-order chi connectivity index (χ0) is 14.5. The van der Waals surface area contributed by atoms with Crippen molar-refractivity contribution in [2.45, 2.75) is 12.3 Å². The lowest BCUT2D eigenvalue weighted by Gasteiger charge is -2.15. The Balaban J connectivity index is 2.44. The second-order valence-electron chi connectivity index (χ2n) is 4.34. The highest BCUT2D eigenvalue weighted by atomic mass is 79.9. The quantitative estimate of drug-likeness (QED) is 0.740. The maximum Gasteiger partial charge on any atom is 0.211 e. The predicted octanol–water partition coefficient (Wildman–Crippen LogP) is 4.70. The van der Waals surface area contributed by atoms with Crippen molar-refractivity contribution in [3.8, 4) is 23.0 Å². The number of methoxy groups -OCH3 is 2. The van der Waals surface area contributed by atoms with Crippen LogP contribution < -0.4 is 14.2 Å². The number of alkyl halides is 1. The molecule has 106 valence electrons. The first-order valence-electron chi connectivity index (χ1n) is 6.24. The van der Waals surface area contributed by atoms with Gasteiger partial charge >= 0.3 is 0 Å². The summed E-state index contributed by atoms with van der Waals surface area (Å²) in [5.74, 6) is 2.66. The van der Waals surface area contributed by atoms with E-state index < -0.39 is 0 Å². The molecule has 0 spiro atoms. The zero-order valence-corrected chi connectivity index (χ0v) is 13.4. The van der Waals surface area contributed by atoms with Gasteiger partial charge in [-0.25, -0.2) is 0 Å². The van der Waals surface area contributed by atoms with Crippen molar-refractivity contribution in [1.82, 2.24) is 0 Å². The fraction of sp³-hybridized carbons (Fsp3) is 0.250. The number of benzene rings is 2. The monoisotopic (exact) mass is 336 g/mol. The van der Waals surface area contributed by atoms with Crippen LogP contribution in [-0.4, -0.2) is 14.2 Å². The Labute approximate surface area is 127 Å². The first kappa shape index (κ1) is 14.7. The predicted molar refractivity (Wildman–Crippen MR) is 83.4 cm³/mol. The Hall–Kier alpha value is -1.68. The molecule has 0 unspecified atom stereocenters. The summed E-state index contributed by atoms with van der Waals surface area (Å²) in [6.45, 7) is 2.06. The van der Waals surface area contributed by atoms with Gasteiger partial charge in [0.15, 0.2) is 11.5 Å². The molecule has 2 aromatic carbocycles. The first-order chi connectivity index (χ1) is 9.69. The molecule has 0 radical (unpaired) electrons. The van der Waals surface area contributed by atoms with Crippen molar-refractivity contribution in [2.24, 2.45) is 0 Å². The zero-order valence-electron chi connectivity index (χ0n) is 11.8. The minimum absolute atomic E-state index is 0.587. The number of para-hydroxylation sites is 1. The fourth-order valence-electron chi connectivity index (χ4n) is 1.94. The number of hydrogen-bond donors (Lipinski definition) is 0. The molecule has 20 heavy (non-hydrogen) atoms. The summed E-state index contributed by atoms with van der Waals surface area (Å²) < 4.78 is 16.7. The van der Waals surface area contributed by atoms with Gasteiger partial charge in [0.25, 0.3) is 0 Å². The molecule has 0 saturated carbocycles. The van der Waals surface area contributed by atoms with Crippen LogP contribution in [0.3, 0.4) is 0 Å². The topological polar surface area (TPSA) is 27.7 Å². The third kappa shape index (κ3) is 3.07. The Kier molecular flexibility index (Phi) is 4.90. The molecular formula is C16H17BrO3. The van der Waals surface area contributed by atoms with Gasteiger partial charge in [-0.15, -0.1) is 0 Å². The normalized spacial score (nSPS) is 10.2. The molecule has 2 rings (SSSR count). The molecule has 0 bridgehead atoms. The molecule has 0 saturated heterocycles. The van der Waals surface area contributed by atoms with Crippen molar-refractivity contribution in [3.05, 3.63) is 47.5 Å². The molecule has 0 fully saturated rings. The van der Waals surface area contributed by atoms with Gasteiger partial charge < -0.3 is 14.2 Å². The van der Waals surface area contributed by atoms with Crippen LogP contribution in [0.5, 0.6) is 23.0 Å². The fourth-order valence-corrected chi connectivity index (χ4v) is 2.38. The molecular weight excluding hydrogens is 320 g/mol. The second-order valence-corrected chi connectivity index (χ2v) is 4.90. The van der Waals surface area contributed by atoms with Gasteiger partial charge in [0.05, 0.1) is 14.2 Å². The SMILES string of the molecule is COc1cccc(OC)c1Oc1ccc(C)cc1CBr. The summed E-state index contributed by atoms with van der Waals surface area (Å²) in [6.07, 6.45) is 0. The first-order valence-corrected chi connectivity index (χ1v) is 7.36. The van der Waals surface area contributed by atoms with E-state index in [-0.39, 0.29) is 0 Å². The van der Waals surface area contributed by atoms with Crippen molar-refractivity contribution < 1.29 is 14.2 Å². The van der Waals surface area contributed by atoms with Crippen LogP contribution in [0.1, 0.15) is 11.1 Å². The van der Waals surface area contributed by atoms with Gasteiger partial charge in [-0.2, -0.15) is 0 Å². The molecule has 0 atom stereocenters. The Morgan fingerprint density at radius 3 is 2.15 bits per heavy atom. The lowest BCUT2D eigenvalue weighted by atomic mass is 10.1. The van der Waals surface area contributed by atoms with Crippen LogP contribution in [-0.2, 0) is 5.33 Å². The van der Waals surface area contributed by atoms with Gasteiger partial charge in [-0.1, -0.05) is 39.7 Å². The number of hydrogen-bond acceptors (Lipinski definition) is 3. The molecule has 3 nitrogen and oxygen atoms in total. The third-order valence-corrected chi connectivity index (χ3v) is 3.56. The molecule has 0 aliphatic carbocycles. The lowest BCUT2D eigenvalue weighted by molar-refractivity contribution is 0.345. The summed E-state index contributed by atoms with van der Waals surface area (Å²) in [4.78, 5) is 0. The average molecular weight is 337 g/mol. The van der Waals surface area contributed by atoms with Crippen molar-refractivity contribution in [3.63, 3.8) is 0 Å². The molecule has 0 amide bonds. The minimum atomic E-state index is 0.587.